The van der Waals surface area contributed by atoms with Gasteiger partial charge in [0.25, 0.3) is 5.91 Å². The normalized spacial score (nSPS) is 21.9. The molecule has 9 nitrogen and oxygen atoms in total. The number of ether oxygens (including phenoxy) is 1. The van der Waals surface area contributed by atoms with Gasteiger partial charge in [0, 0.05) is 26.4 Å². The van der Waals surface area contributed by atoms with E-state index in [1.165, 1.54) is 0 Å². The molecule has 1 atom stereocenters. The molecule has 0 saturated heterocycles. The minimum atomic E-state index is -0.303. The van der Waals surface area contributed by atoms with Crippen molar-refractivity contribution in [1.82, 2.24) is 30.1 Å². The highest BCUT2D eigenvalue weighted by Gasteiger charge is 2.24. The Bertz CT molecular complexity index is 703. The van der Waals surface area contributed by atoms with Crippen molar-refractivity contribution in [1.29, 1.82) is 0 Å². The molecule has 1 aliphatic carbocycles. The van der Waals surface area contributed by atoms with Gasteiger partial charge < -0.3 is 15.8 Å². The number of aryl methyl sites for hydroxylation is 1. The Labute approximate surface area is 146 Å². The summed E-state index contributed by atoms with van der Waals surface area (Å²) in [5.74, 6) is -0.276. The first kappa shape index (κ1) is 17.6. The molecular weight excluding hydrogens is 322 g/mol. The molecular formula is C16H25N7O2. The summed E-state index contributed by atoms with van der Waals surface area (Å²) in [4.78, 5) is 12.6. The Morgan fingerprint density at radius 3 is 2.84 bits per heavy atom. The number of hydrogen-bond acceptors (Lipinski definition) is 6. The third kappa shape index (κ3) is 4.05. The van der Waals surface area contributed by atoms with Gasteiger partial charge in [-0.3, -0.25) is 9.48 Å². The van der Waals surface area contributed by atoms with E-state index in [2.05, 4.69) is 20.7 Å². The van der Waals surface area contributed by atoms with Gasteiger partial charge in [0.1, 0.15) is 0 Å². The smallest absolute Gasteiger partial charge is 0.274 e. The van der Waals surface area contributed by atoms with Crippen LogP contribution in [0.5, 0.6) is 0 Å². The maximum Gasteiger partial charge on any atom is 0.274 e. The monoisotopic (exact) mass is 347 g/mol. The number of amides is 1. The predicted octanol–water partition coefficient (Wildman–Crippen LogP) is 0.572. The molecule has 2 aromatic heterocycles. The van der Waals surface area contributed by atoms with Crippen LogP contribution in [0.15, 0.2) is 18.5 Å². The largest absolute Gasteiger partial charge is 0.382 e. The second-order valence-corrected chi connectivity index (χ2v) is 6.51. The summed E-state index contributed by atoms with van der Waals surface area (Å²) in [6, 6.07) is 2.09. The SMILES string of the molecule is COC[C@@H](NC(=O)c1cn(C2CCC(N)CC2)nn1)c1ccnn1C. The van der Waals surface area contributed by atoms with Gasteiger partial charge in [-0.2, -0.15) is 5.10 Å². The summed E-state index contributed by atoms with van der Waals surface area (Å²) in [5.41, 5.74) is 7.11. The minimum Gasteiger partial charge on any atom is -0.382 e. The van der Waals surface area contributed by atoms with Crippen molar-refractivity contribution < 1.29 is 9.53 Å². The second-order valence-electron chi connectivity index (χ2n) is 6.51. The third-order valence-electron chi connectivity index (χ3n) is 4.71. The van der Waals surface area contributed by atoms with Crippen LogP contribution in [0.25, 0.3) is 0 Å². The van der Waals surface area contributed by atoms with Crippen LogP contribution in [0, 0.1) is 0 Å². The first-order chi connectivity index (χ1) is 12.1. The molecule has 0 spiro atoms. The van der Waals surface area contributed by atoms with Gasteiger partial charge in [0.2, 0.25) is 0 Å². The Kier molecular flexibility index (Phi) is 5.44. The lowest BCUT2D eigenvalue weighted by Gasteiger charge is -2.25. The number of aromatic nitrogens is 5. The van der Waals surface area contributed by atoms with Gasteiger partial charge in [-0.25, -0.2) is 4.68 Å². The highest BCUT2D eigenvalue weighted by atomic mass is 16.5. The highest BCUT2D eigenvalue weighted by Crippen LogP contribution is 2.26. The third-order valence-corrected chi connectivity index (χ3v) is 4.71. The highest BCUT2D eigenvalue weighted by molar-refractivity contribution is 5.92. The fourth-order valence-corrected chi connectivity index (χ4v) is 3.25. The number of rotatable bonds is 6. The lowest BCUT2D eigenvalue weighted by molar-refractivity contribution is 0.0887. The first-order valence-electron chi connectivity index (χ1n) is 8.53. The fourth-order valence-electron chi connectivity index (χ4n) is 3.25. The average Bonchev–Trinajstić information content (AvgIpc) is 3.24. The number of methoxy groups -OCH3 is 1. The summed E-state index contributed by atoms with van der Waals surface area (Å²) >= 11 is 0. The molecule has 0 aromatic carbocycles. The topological polar surface area (TPSA) is 113 Å². The van der Waals surface area contributed by atoms with Crippen molar-refractivity contribution in [3.63, 3.8) is 0 Å². The van der Waals surface area contributed by atoms with E-state index in [-0.39, 0.29) is 24.0 Å². The van der Waals surface area contributed by atoms with E-state index >= 15 is 0 Å². The molecule has 0 bridgehead atoms. The molecule has 136 valence electrons. The van der Waals surface area contributed by atoms with E-state index in [0.29, 0.717) is 12.3 Å². The van der Waals surface area contributed by atoms with Crippen LogP contribution in [0.4, 0.5) is 0 Å². The van der Waals surface area contributed by atoms with Gasteiger partial charge in [-0.05, 0) is 31.7 Å². The number of carbonyl (C=O) groups excluding carboxylic acids is 1. The maximum atomic E-state index is 12.6. The Morgan fingerprint density at radius 2 is 2.20 bits per heavy atom. The van der Waals surface area contributed by atoms with Crippen molar-refractivity contribution in [3.05, 3.63) is 29.8 Å². The van der Waals surface area contributed by atoms with Crippen molar-refractivity contribution in [2.75, 3.05) is 13.7 Å². The second kappa shape index (κ2) is 7.75. The molecule has 0 aliphatic heterocycles. The molecule has 2 aromatic rings. The molecule has 1 aliphatic rings. The zero-order chi connectivity index (χ0) is 17.8. The standard InChI is InChI=1S/C16H25N7O2/c1-22-15(7-8-18-22)14(10-25-2)19-16(24)13-9-23(21-20-13)12-5-3-11(17)4-6-12/h7-9,11-12,14H,3-6,10,17H2,1-2H3,(H,19,24)/t11?,12?,14-/m1/s1. The molecule has 9 heteroatoms. The fraction of sp³-hybridized carbons (Fsp3) is 0.625. The summed E-state index contributed by atoms with van der Waals surface area (Å²) in [5, 5.41) is 15.2. The predicted molar refractivity (Wildman–Crippen MR) is 90.8 cm³/mol. The molecule has 25 heavy (non-hydrogen) atoms. The van der Waals surface area contributed by atoms with Crippen molar-refractivity contribution in [2.45, 2.75) is 43.8 Å². The number of nitrogens with zero attached hydrogens (tertiary/aromatic N) is 5. The number of hydrogen-bond donors (Lipinski definition) is 2. The van der Waals surface area contributed by atoms with Crippen LogP contribution < -0.4 is 11.1 Å². The van der Waals surface area contributed by atoms with Crippen molar-refractivity contribution in [2.24, 2.45) is 12.8 Å². The van der Waals surface area contributed by atoms with E-state index in [1.807, 2.05) is 13.1 Å². The Balaban J connectivity index is 1.67. The summed E-state index contributed by atoms with van der Waals surface area (Å²) in [7, 11) is 3.42. The van der Waals surface area contributed by atoms with E-state index in [4.69, 9.17) is 10.5 Å². The van der Waals surface area contributed by atoms with Crippen LogP contribution in [0.3, 0.4) is 0 Å². The van der Waals surface area contributed by atoms with Gasteiger partial charge >= 0.3 is 0 Å². The van der Waals surface area contributed by atoms with Gasteiger partial charge in [0.15, 0.2) is 5.69 Å². The van der Waals surface area contributed by atoms with E-state index in [0.717, 1.165) is 31.4 Å². The molecule has 3 rings (SSSR count). The molecule has 1 amide bonds. The van der Waals surface area contributed by atoms with Crippen LogP contribution >= 0.6 is 0 Å². The number of nitrogens with one attached hydrogen (secondary N) is 1. The van der Waals surface area contributed by atoms with Crippen molar-refractivity contribution >= 4 is 5.91 Å². The molecule has 0 radical (unpaired) electrons. The van der Waals surface area contributed by atoms with Gasteiger partial charge in [-0.1, -0.05) is 5.21 Å². The summed E-state index contributed by atoms with van der Waals surface area (Å²) in [6.07, 6.45) is 7.28. The lowest BCUT2D eigenvalue weighted by Crippen LogP contribution is -2.33. The maximum absolute atomic E-state index is 12.6. The van der Waals surface area contributed by atoms with E-state index in [1.54, 1.807) is 28.9 Å². The lowest BCUT2D eigenvalue weighted by atomic mass is 9.92. The molecule has 1 fully saturated rings. The Morgan fingerprint density at radius 1 is 1.44 bits per heavy atom. The molecule has 2 heterocycles. The van der Waals surface area contributed by atoms with Gasteiger partial charge in [-0.15, -0.1) is 5.10 Å². The minimum absolute atomic E-state index is 0.265. The van der Waals surface area contributed by atoms with Gasteiger partial charge in [0.05, 0.1) is 30.6 Å². The van der Waals surface area contributed by atoms with Crippen LogP contribution in [0.1, 0.15) is 53.9 Å². The van der Waals surface area contributed by atoms with Crippen molar-refractivity contribution in [3.8, 4) is 0 Å². The first-order valence-corrected chi connectivity index (χ1v) is 8.53. The van der Waals surface area contributed by atoms with Crippen LogP contribution in [-0.4, -0.2) is 50.4 Å². The molecule has 3 N–H and O–H groups in total. The zero-order valence-corrected chi connectivity index (χ0v) is 14.6. The van der Waals surface area contributed by atoms with E-state index in [9.17, 15) is 4.79 Å². The van der Waals surface area contributed by atoms with Crippen LogP contribution in [-0.2, 0) is 11.8 Å². The average molecular weight is 347 g/mol. The Hall–Kier alpha value is -2.26. The van der Waals surface area contributed by atoms with Crippen LogP contribution in [0.2, 0.25) is 0 Å². The summed E-state index contributed by atoms with van der Waals surface area (Å²) < 4.78 is 8.72. The summed E-state index contributed by atoms with van der Waals surface area (Å²) in [6.45, 7) is 0.347. The number of carbonyl (C=O) groups is 1. The number of nitrogens with two attached hydrogens (primary N) is 1. The quantitative estimate of drug-likeness (QED) is 0.790. The van der Waals surface area contributed by atoms with E-state index < -0.39 is 0 Å². The molecule has 1 saturated carbocycles. The zero-order valence-electron chi connectivity index (χ0n) is 14.6. The molecule has 0 unspecified atom stereocenters.